The Kier molecular flexibility index (Phi) is 6.88. The molecular weight excluding hydrogens is 491 g/mol. The van der Waals surface area contributed by atoms with Crippen LogP contribution in [0.4, 0.5) is 4.39 Å². The fourth-order valence-corrected chi connectivity index (χ4v) is 7.37. The number of aromatic hydroxyl groups is 1. The molecule has 1 N–H and O–H groups in total. The smallest absolute Gasteiger partial charge is 0.125 e. The lowest BCUT2D eigenvalue weighted by molar-refractivity contribution is 0.0955. The Labute approximate surface area is 229 Å². The maximum atomic E-state index is 13.2. The van der Waals surface area contributed by atoms with Crippen LogP contribution in [0.1, 0.15) is 67.2 Å². The van der Waals surface area contributed by atoms with Gasteiger partial charge in [-0.25, -0.2) is 4.39 Å². The molecule has 202 valence electrons. The molecule has 39 heavy (non-hydrogen) atoms. The Morgan fingerprint density at radius 2 is 1.87 bits per heavy atom. The van der Waals surface area contributed by atoms with Crippen LogP contribution in [0.25, 0.3) is 0 Å². The van der Waals surface area contributed by atoms with E-state index in [0.717, 1.165) is 42.6 Å². The van der Waals surface area contributed by atoms with E-state index in [-0.39, 0.29) is 11.2 Å². The number of hydrogen-bond acceptors (Lipinski definition) is 5. The number of ether oxygens (including phenoxy) is 2. The van der Waals surface area contributed by atoms with Gasteiger partial charge < -0.3 is 14.6 Å². The molecule has 0 saturated heterocycles. The molecule has 3 aliphatic rings. The number of phenols is 1. The summed E-state index contributed by atoms with van der Waals surface area (Å²) in [4.78, 5) is 0. The van der Waals surface area contributed by atoms with Crippen molar-refractivity contribution in [1.82, 2.24) is 0 Å². The molecule has 4 unspecified atom stereocenters. The Balaban J connectivity index is 1.16. The number of benzene rings is 3. The second-order valence-corrected chi connectivity index (χ2v) is 11.4. The topological polar surface area (TPSA) is 63.4 Å². The van der Waals surface area contributed by atoms with E-state index in [0.29, 0.717) is 35.9 Å². The third-order valence-corrected chi connectivity index (χ3v) is 9.35. The number of halogens is 1. The first-order valence-corrected chi connectivity index (χ1v) is 13.9. The third-order valence-electron chi connectivity index (χ3n) is 9.35. The first-order valence-electron chi connectivity index (χ1n) is 13.9. The summed E-state index contributed by atoms with van der Waals surface area (Å²) in [5, 5.41) is 19.3. The summed E-state index contributed by atoms with van der Waals surface area (Å²) in [6, 6.07) is 17.8. The van der Waals surface area contributed by atoms with E-state index in [2.05, 4.69) is 18.1 Å². The molecule has 5 nitrogen and oxygen atoms in total. The Morgan fingerprint density at radius 1 is 1.03 bits per heavy atom. The molecule has 2 fully saturated rings. The standard InChI is InChI=1S/C33H35FN2O3/c1-33-16-15-28-27-11-7-25(37)18-22(27)4-10-29(28)30(33)12-14-32(33)36-35-19-21-3-13-31(38-2)23(17-21)20-39-26-8-5-24(34)6-9-26/h3,5-9,11,13,17-19,28-30,37H,4,10,12,14-16,20H2,1-2H3/b35-19+,36-32+. The quantitative estimate of drug-likeness (QED) is 0.268. The molecule has 0 amide bonds. The Bertz CT molecular complexity index is 1420. The predicted octanol–water partition coefficient (Wildman–Crippen LogP) is 7.45. The van der Waals surface area contributed by atoms with Crippen molar-refractivity contribution in [3.8, 4) is 17.2 Å². The van der Waals surface area contributed by atoms with Crippen molar-refractivity contribution in [2.45, 2.75) is 58.0 Å². The SMILES string of the molecule is COc1ccc(/C=N/N=C2\CCC3C4CCc5cc(O)ccc5C4CCC23C)cc1COc1ccc(F)cc1. The lowest BCUT2D eigenvalue weighted by Crippen LogP contribution is -2.42. The second kappa shape index (κ2) is 10.5. The van der Waals surface area contributed by atoms with Gasteiger partial charge >= 0.3 is 0 Å². The van der Waals surface area contributed by atoms with Crippen molar-refractivity contribution in [1.29, 1.82) is 0 Å². The van der Waals surface area contributed by atoms with Gasteiger partial charge in [0.15, 0.2) is 0 Å². The van der Waals surface area contributed by atoms with Crippen molar-refractivity contribution in [3.63, 3.8) is 0 Å². The van der Waals surface area contributed by atoms with E-state index < -0.39 is 0 Å². The van der Waals surface area contributed by atoms with Crippen molar-refractivity contribution in [2.24, 2.45) is 27.5 Å². The number of fused-ring (bicyclic) bond motifs is 5. The van der Waals surface area contributed by atoms with Gasteiger partial charge in [-0.2, -0.15) is 10.2 Å². The summed E-state index contributed by atoms with van der Waals surface area (Å²) in [5.41, 5.74) is 5.92. The molecular formula is C33H35FN2O3. The van der Waals surface area contributed by atoms with Crippen LogP contribution < -0.4 is 9.47 Å². The minimum Gasteiger partial charge on any atom is -0.508 e. The highest BCUT2D eigenvalue weighted by Gasteiger charge is 2.53. The molecule has 6 heteroatoms. The highest BCUT2D eigenvalue weighted by molar-refractivity contribution is 5.93. The summed E-state index contributed by atoms with van der Waals surface area (Å²) in [5.74, 6) is 3.30. The van der Waals surface area contributed by atoms with Crippen LogP contribution in [-0.2, 0) is 13.0 Å². The van der Waals surface area contributed by atoms with Gasteiger partial charge in [-0.1, -0.05) is 13.0 Å². The summed E-state index contributed by atoms with van der Waals surface area (Å²) in [6.45, 7) is 2.70. The van der Waals surface area contributed by atoms with Crippen LogP contribution in [0, 0.1) is 23.1 Å². The molecule has 0 heterocycles. The molecule has 0 bridgehead atoms. The monoisotopic (exact) mass is 526 g/mol. The fraction of sp³-hybridized carbons (Fsp3) is 0.394. The van der Waals surface area contributed by atoms with Crippen LogP contribution in [0.5, 0.6) is 17.2 Å². The van der Waals surface area contributed by atoms with Gasteiger partial charge in [0, 0.05) is 16.7 Å². The second-order valence-electron chi connectivity index (χ2n) is 11.4. The summed E-state index contributed by atoms with van der Waals surface area (Å²) in [6.07, 6.45) is 8.50. The van der Waals surface area contributed by atoms with Crippen molar-refractivity contribution in [2.75, 3.05) is 7.11 Å². The number of nitrogens with zero attached hydrogens (tertiary/aromatic N) is 2. The minimum absolute atomic E-state index is 0.0982. The lowest BCUT2D eigenvalue weighted by atomic mass is 9.55. The number of phenolic OH excluding ortho intramolecular Hbond substituents is 1. The Morgan fingerprint density at radius 3 is 2.69 bits per heavy atom. The number of aryl methyl sites for hydroxylation is 1. The average Bonchev–Trinajstić information content (AvgIpc) is 3.28. The van der Waals surface area contributed by atoms with Gasteiger partial charge in [-0.15, -0.1) is 0 Å². The van der Waals surface area contributed by atoms with E-state index in [4.69, 9.17) is 14.6 Å². The summed E-state index contributed by atoms with van der Waals surface area (Å²) < 4.78 is 24.6. The zero-order valence-corrected chi connectivity index (χ0v) is 22.6. The molecule has 0 spiro atoms. The minimum atomic E-state index is -0.291. The largest absolute Gasteiger partial charge is 0.508 e. The molecule has 6 rings (SSSR count). The van der Waals surface area contributed by atoms with Crippen molar-refractivity contribution < 1.29 is 19.0 Å². The molecule has 0 aromatic heterocycles. The van der Waals surface area contributed by atoms with E-state index >= 15 is 0 Å². The van der Waals surface area contributed by atoms with Gasteiger partial charge in [-0.05, 0) is 128 Å². The van der Waals surface area contributed by atoms with Gasteiger partial charge in [0.05, 0.1) is 13.3 Å². The highest BCUT2D eigenvalue weighted by atomic mass is 19.1. The first kappa shape index (κ1) is 25.6. The molecule has 3 aliphatic carbocycles. The van der Waals surface area contributed by atoms with Crippen LogP contribution in [0.2, 0.25) is 0 Å². The highest BCUT2D eigenvalue weighted by Crippen LogP contribution is 2.60. The summed E-state index contributed by atoms with van der Waals surface area (Å²) in [7, 11) is 1.64. The van der Waals surface area contributed by atoms with Crippen LogP contribution in [0.3, 0.4) is 0 Å². The van der Waals surface area contributed by atoms with Crippen molar-refractivity contribution >= 4 is 11.9 Å². The van der Waals surface area contributed by atoms with E-state index in [9.17, 15) is 9.50 Å². The van der Waals surface area contributed by atoms with Crippen LogP contribution >= 0.6 is 0 Å². The van der Waals surface area contributed by atoms with E-state index in [1.807, 2.05) is 30.3 Å². The first-order chi connectivity index (χ1) is 18.9. The molecule has 2 saturated carbocycles. The van der Waals surface area contributed by atoms with Gasteiger partial charge in [0.1, 0.15) is 29.7 Å². The lowest BCUT2D eigenvalue weighted by Gasteiger charge is -2.49. The van der Waals surface area contributed by atoms with E-state index in [1.54, 1.807) is 25.5 Å². The van der Waals surface area contributed by atoms with Crippen LogP contribution in [0.15, 0.2) is 70.9 Å². The normalized spacial score (nSPS) is 26.7. The molecule has 0 radical (unpaired) electrons. The molecule has 0 aliphatic heterocycles. The van der Waals surface area contributed by atoms with Crippen molar-refractivity contribution in [3.05, 3.63) is 88.7 Å². The third kappa shape index (κ3) is 4.93. The zero-order valence-electron chi connectivity index (χ0n) is 22.6. The zero-order chi connectivity index (χ0) is 27.0. The summed E-state index contributed by atoms with van der Waals surface area (Å²) >= 11 is 0. The number of rotatable bonds is 6. The van der Waals surface area contributed by atoms with E-state index in [1.165, 1.54) is 41.8 Å². The number of hydrogen-bond donors (Lipinski definition) is 1. The van der Waals surface area contributed by atoms with Gasteiger partial charge in [-0.3, -0.25) is 0 Å². The maximum Gasteiger partial charge on any atom is 0.125 e. The maximum absolute atomic E-state index is 13.2. The predicted molar refractivity (Wildman–Crippen MR) is 151 cm³/mol. The average molecular weight is 527 g/mol. The molecule has 3 aromatic rings. The molecule has 4 atom stereocenters. The molecule has 3 aromatic carbocycles. The van der Waals surface area contributed by atoms with Gasteiger partial charge in [0.2, 0.25) is 0 Å². The van der Waals surface area contributed by atoms with Crippen LogP contribution in [-0.4, -0.2) is 24.1 Å². The number of methoxy groups -OCH3 is 1. The van der Waals surface area contributed by atoms with Gasteiger partial charge in [0.25, 0.3) is 0 Å². The Hall–Kier alpha value is -3.67. The fourth-order valence-electron chi connectivity index (χ4n) is 7.37.